The molecule has 2 aliphatic rings. The van der Waals surface area contributed by atoms with Crippen LogP contribution in [0.15, 0.2) is 0 Å². The summed E-state index contributed by atoms with van der Waals surface area (Å²) in [5.74, 6) is -1.98. The van der Waals surface area contributed by atoms with Crippen LogP contribution in [0.25, 0.3) is 0 Å². The molecular formula is C27H50O10Si2. The first-order valence-corrected chi connectivity index (χ1v) is 18.6. The molecule has 2 fully saturated rings. The third-order valence-corrected chi connectivity index (χ3v) is 9.74. The Hall–Kier alpha value is -1.45. The Kier molecular flexibility index (Phi) is 20.3. The summed E-state index contributed by atoms with van der Waals surface area (Å²) in [6.07, 6.45) is 5.84. The van der Waals surface area contributed by atoms with Gasteiger partial charge in [0.05, 0.1) is 34.2 Å². The number of ether oxygens (including phenoxy) is 6. The molecule has 2 rings (SSSR count). The normalized spacial score (nSPS) is 19.6. The second-order valence-electron chi connectivity index (χ2n) is 9.95. The molecule has 0 saturated carbocycles. The number of cyclic esters (lactones) is 4. The van der Waals surface area contributed by atoms with E-state index in [9.17, 15) is 19.2 Å². The van der Waals surface area contributed by atoms with E-state index in [4.69, 9.17) is 18.9 Å². The van der Waals surface area contributed by atoms with Gasteiger partial charge in [-0.3, -0.25) is 19.2 Å². The summed E-state index contributed by atoms with van der Waals surface area (Å²) < 4.78 is 31.7. The third-order valence-electron chi connectivity index (χ3n) is 6.19. The molecule has 0 aromatic carbocycles. The van der Waals surface area contributed by atoms with Crippen molar-refractivity contribution in [2.24, 2.45) is 11.8 Å². The molecule has 0 aromatic heterocycles. The first-order chi connectivity index (χ1) is 18.8. The van der Waals surface area contributed by atoms with Crippen LogP contribution in [-0.4, -0.2) is 81.5 Å². The number of carbonyl (C=O) groups is 4. The van der Waals surface area contributed by atoms with Crippen LogP contribution < -0.4 is 0 Å². The molecule has 2 saturated heterocycles. The zero-order valence-electron chi connectivity index (χ0n) is 24.4. The molecule has 39 heavy (non-hydrogen) atoms. The molecule has 2 unspecified atom stereocenters. The van der Waals surface area contributed by atoms with E-state index in [0.717, 1.165) is 69.9 Å². The van der Waals surface area contributed by atoms with Crippen LogP contribution in [0, 0.1) is 11.8 Å². The highest BCUT2D eigenvalue weighted by Gasteiger charge is 2.33. The SMILES string of the molecule is CCCOC(C[SiH2]CCC1CC(=O)OC1=O)OCCC.CCCOC(OCCC)[SiH2]CCC1CC(=O)OC1=O. The average molecular weight is 591 g/mol. The van der Waals surface area contributed by atoms with Crippen LogP contribution >= 0.6 is 0 Å². The van der Waals surface area contributed by atoms with Gasteiger partial charge in [-0.1, -0.05) is 39.8 Å². The van der Waals surface area contributed by atoms with E-state index in [-0.39, 0.29) is 64.3 Å². The summed E-state index contributed by atoms with van der Waals surface area (Å²) in [5, 5.41) is 0. The first-order valence-electron chi connectivity index (χ1n) is 14.8. The molecular weight excluding hydrogens is 540 g/mol. The van der Waals surface area contributed by atoms with Crippen molar-refractivity contribution < 1.29 is 47.6 Å². The van der Waals surface area contributed by atoms with E-state index in [2.05, 4.69) is 37.2 Å². The molecule has 2 heterocycles. The molecule has 0 radical (unpaired) electrons. The number of carbonyl (C=O) groups excluding carboxylic acids is 4. The predicted octanol–water partition coefficient (Wildman–Crippen LogP) is 2.84. The number of esters is 4. The smallest absolute Gasteiger partial charge is 0.317 e. The van der Waals surface area contributed by atoms with Gasteiger partial charge in [0.2, 0.25) is 0 Å². The van der Waals surface area contributed by atoms with E-state index in [1.54, 1.807) is 0 Å². The zero-order valence-corrected chi connectivity index (χ0v) is 27.2. The van der Waals surface area contributed by atoms with Crippen LogP contribution in [0.2, 0.25) is 18.1 Å². The van der Waals surface area contributed by atoms with Crippen molar-refractivity contribution in [3.63, 3.8) is 0 Å². The molecule has 0 bridgehead atoms. The topological polar surface area (TPSA) is 124 Å². The van der Waals surface area contributed by atoms with Crippen molar-refractivity contribution >= 4 is 42.9 Å². The van der Waals surface area contributed by atoms with Gasteiger partial charge in [0.1, 0.15) is 5.91 Å². The zero-order chi connectivity index (χ0) is 28.9. The third kappa shape index (κ3) is 16.4. The maximum absolute atomic E-state index is 11.3. The monoisotopic (exact) mass is 590 g/mol. The molecule has 0 amide bonds. The summed E-state index contributed by atoms with van der Waals surface area (Å²) in [7, 11) is -0.886. The molecule has 226 valence electrons. The minimum absolute atomic E-state index is 0.0620. The summed E-state index contributed by atoms with van der Waals surface area (Å²) in [5.41, 5.74) is 0. The Balaban J connectivity index is 0.000000391. The summed E-state index contributed by atoms with van der Waals surface area (Å²) in [6.45, 7) is 11.2. The maximum atomic E-state index is 11.3. The lowest BCUT2D eigenvalue weighted by molar-refractivity contribution is -0.154. The van der Waals surface area contributed by atoms with Crippen LogP contribution in [0.5, 0.6) is 0 Å². The molecule has 0 aromatic rings. The van der Waals surface area contributed by atoms with Gasteiger partial charge in [-0.25, -0.2) is 0 Å². The fraction of sp³-hybridized carbons (Fsp3) is 0.852. The molecule has 0 spiro atoms. The lowest BCUT2D eigenvalue weighted by atomic mass is 10.1. The van der Waals surface area contributed by atoms with Gasteiger partial charge in [-0.15, -0.1) is 0 Å². The van der Waals surface area contributed by atoms with Crippen LogP contribution in [-0.2, 0) is 47.6 Å². The Bertz CT molecular complexity index is 705. The fourth-order valence-corrected chi connectivity index (χ4v) is 7.61. The predicted molar refractivity (Wildman–Crippen MR) is 152 cm³/mol. The van der Waals surface area contributed by atoms with Crippen molar-refractivity contribution in [2.75, 3.05) is 26.4 Å². The standard InChI is InChI=1S/C14H26O5Si.C13H24O5Si/c1-3-6-17-13(18-7-4-2)10-20-8-5-11-9-12(15)19-14(11)16;1-3-6-16-13(17-7-4-2)19-8-5-10-9-11(14)18-12(10)15/h11,13H,3-10,20H2,1-2H3;10,13H,3-9,19H2,1-2H3. The second kappa shape index (κ2) is 22.3. The van der Waals surface area contributed by atoms with Gasteiger partial charge in [0.15, 0.2) is 6.29 Å². The summed E-state index contributed by atoms with van der Waals surface area (Å²) in [4.78, 5) is 44.6. The largest absolute Gasteiger partial charge is 0.393 e. The lowest BCUT2D eigenvalue weighted by Gasteiger charge is -2.18. The summed E-state index contributed by atoms with van der Waals surface area (Å²) in [6, 6.07) is 2.93. The van der Waals surface area contributed by atoms with Crippen LogP contribution in [0.3, 0.4) is 0 Å². The van der Waals surface area contributed by atoms with Gasteiger partial charge < -0.3 is 28.4 Å². The summed E-state index contributed by atoms with van der Waals surface area (Å²) >= 11 is 0. The number of hydrogen-bond donors (Lipinski definition) is 0. The molecule has 10 nitrogen and oxygen atoms in total. The second-order valence-corrected chi connectivity index (χ2v) is 13.9. The van der Waals surface area contributed by atoms with Gasteiger partial charge in [0.25, 0.3) is 0 Å². The van der Waals surface area contributed by atoms with E-state index >= 15 is 0 Å². The maximum Gasteiger partial charge on any atom is 0.317 e. The van der Waals surface area contributed by atoms with Crippen molar-refractivity contribution in [1.82, 2.24) is 0 Å². The van der Waals surface area contributed by atoms with Crippen LogP contribution in [0.1, 0.15) is 79.1 Å². The minimum atomic E-state index is -0.552. The lowest BCUT2D eigenvalue weighted by Crippen LogP contribution is -2.26. The van der Waals surface area contributed by atoms with E-state index in [1.165, 1.54) is 0 Å². The Morgan fingerprint density at radius 3 is 1.54 bits per heavy atom. The highest BCUT2D eigenvalue weighted by molar-refractivity contribution is 6.36. The van der Waals surface area contributed by atoms with Crippen LogP contribution in [0.4, 0.5) is 0 Å². The van der Waals surface area contributed by atoms with Gasteiger partial charge >= 0.3 is 23.9 Å². The molecule has 12 heteroatoms. The Morgan fingerprint density at radius 2 is 1.13 bits per heavy atom. The van der Waals surface area contributed by atoms with E-state index in [0.29, 0.717) is 13.2 Å². The quantitative estimate of drug-likeness (QED) is 0.0648. The van der Waals surface area contributed by atoms with Crippen molar-refractivity contribution in [3.05, 3.63) is 0 Å². The first kappa shape index (κ1) is 35.6. The van der Waals surface area contributed by atoms with E-state index in [1.807, 2.05) is 0 Å². The van der Waals surface area contributed by atoms with Gasteiger partial charge in [0, 0.05) is 35.9 Å². The minimum Gasteiger partial charge on any atom is -0.393 e. The average Bonchev–Trinajstić information content (AvgIpc) is 3.42. The molecule has 2 atom stereocenters. The number of rotatable bonds is 21. The molecule has 2 aliphatic heterocycles. The van der Waals surface area contributed by atoms with Gasteiger partial charge in [-0.2, -0.15) is 0 Å². The van der Waals surface area contributed by atoms with Crippen molar-refractivity contribution in [1.29, 1.82) is 0 Å². The molecule has 0 N–H and O–H groups in total. The van der Waals surface area contributed by atoms with Gasteiger partial charge in [-0.05, 0) is 44.6 Å². The number of hydrogen-bond acceptors (Lipinski definition) is 10. The Labute approximate surface area is 238 Å². The Morgan fingerprint density at radius 1 is 0.692 bits per heavy atom. The van der Waals surface area contributed by atoms with Crippen molar-refractivity contribution in [2.45, 2.75) is 109 Å². The van der Waals surface area contributed by atoms with Crippen molar-refractivity contribution in [3.8, 4) is 0 Å². The van der Waals surface area contributed by atoms with E-state index < -0.39 is 15.5 Å². The highest BCUT2D eigenvalue weighted by atomic mass is 28.2. The highest BCUT2D eigenvalue weighted by Crippen LogP contribution is 2.22. The molecule has 0 aliphatic carbocycles. The fourth-order valence-electron chi connectivity index (χ4n) is 4.14.